The predicted octanol–water partition coefficient (Wildman–Crippen LogP) is 2.90. The van der Waals surface area contributed by atoms with E-state index in [0.717, 1.165) is 36.8 Å². The number of piperidine rings is 1. The lowest BCUT2D eigenvalue weighted by Gasteiger charge is -2.39. The molecule has 2 amide bonds. The Morgan fingerprint density at radius 1 is 1.03 bits per heavy atom. The van der Waals surface area contributed by atoms with Gasteiger partial charge in [-0.1, -0.05) is 55.8 Å². The van der Waals surface area contributed by atoms with Crippen molar-refractivity contribution in [3.63, 3.8) is 0 Å². The number of rotatable bonds is 5. The molecule has 4 rings (SSSR count). The van der Waals surface area contributed by atoms with Crippen molar-refractivity contribution in [2.75, 3.05) is 13.1 Å². The van der Waals surface area contributed by atoms with Crippen LogP contribution in [0.3, 0.4) is 0 Å². The summed E-state index contributed by atoms with van der Waals surface area (Å²) in [4.78, 5) is 27.3. The van der Waals surface area contributed by atoms with Gasteiger partial charge in [0, 0.05) is 31.5 Å². The smallest absolute Gasteiger partial charge is 0.253 e. The summed E-state index contributed by atoms with van der Waals surface area (Å²) in [6.07, 6.45) is 4.27. The largest absolute Gasteiger partial charge is 0.338 e. The summed E-state index contributed by atoms with van der Waals surface area (Å²) in [7, 11) is 0. The Balaban J connectivity index is 1.35. The van der Waals surface area contributed by atoms with Crippen molar-refractivity contribution in [3.05, 3.63) is 71.3 Å². The second kappa shape index (κ2) is 8.37. The van der Waals surface area contributed by atoms with E-state index in [0.29, 0.717) is 19.5 Å². The Hall–Kier alpha value is -2.66. The minimum Gasteiger partial charge on any atom is -0.338 e. The van der Waals surface area contributed by atoms with Crippen LogP contribution in [-0.4, -0.2) is 41.5 Å². The maximum absolute atomic E-state index is 12.9. The Kier molecular flexibility index (Phi) is 5.67. The van der Waals surface area contributed by atoms with Gasteiger partial charge >= 0.3 is 0 Å². The summed E-state index contributed by atoms with van der Waals surface area (Å²) < 4.78 is 0. The maximum atomic E-state index is 12.9. The number of aryl methyl sites for hydroxylation is 1. The zero-order valence-corrected chi connectivity index (χ0v) is 17.0. The molecule has 2 aromatic carbocycles. The summed E-state index contributed by atoms with van der Waals surface area (Å²) in [6.45, 7) is 3.44. The number of amides is 2. The number of carbonyl (C=O) groups excluding carboxylic acids is 2. The third-order valence-electron chi connectivity index (χ3n) is 6.06. The van der Waals surface area contributed by atoms with Gasteiger partial charge in [-0.15, -0.1) is 0 Å². The van der Waals surface area contributed by atoms with Crippen LogP contribution < -0.4 is 10.6 Å². The molecule has 152 valence electrons. The van der Waals surface area contributed by atoms with E-state index in [1.807, 2.05) is 47.4 Å². The molecular formula is C24H29N3O2. The first kappa shape index (κ1) is 19.6. The van der Waals surface area contributed by atoms with E-state index in [9.17, 15) is 9.59 Å². The molecule has 2 aliphatic heterocycles. The third-order valence-corrected chi connectivity index (χ3v) is 6.06. The van der Waals surface area contributed by atoms with Crippen LogP contribution in [0.4, 0.5) is 0 Å². The van der Waals surface area contributed by atoms with Crippen LogP contribution in [0.2, 0.25) is 0 Å². The van der Waals surface area contributed by atoms with Crippen molar-refractivity contribution in [2.45, 2.75) is 50.7 Å². The normalized spacial score (nSPS) is 20.7. The molecule has 0 aromatic heterocycles. The average Bonchev–Trinajstić information content (AvgIpc) is 3.04. The van der Waals surface area contributed by atoms with Gasteiger partial charge in [0.2, 0.25) is 5.91 Å². The molecule has 2 N–H and O–H groups in total. The van der Waals surface area contributed by atoms with Gasteiger partial charge in [0.05, 0.1) is 11.7 Å². The summed E-state index contributed by atoms with van der Waals surface area (Å²) in [5.74, 6) is 0.133. The summed E-state index contributed by atoms with van der Waals surface area (Å²) >= 11 is 0. The van der Waals surface area contributed by atoms with Crippen LogP contribution in [0.15, 0.2) is 54.6 Å². The zero-order chi connectivity index (χ0) is 20.3. The summed E-state index contributed by atoms with van der Waals surface area (Å²) in [6, 6.07) is 17.8. The number of hydrogen-bond acceptors (Lipinski definition) is 3. The fraction of sp³-hybridized carbons (Fsp3) is 0.417. The van der Waals surface area contributed by atoms with Crippen molar-refractivity contribution in [2.24, 2.45) is 0 Å². The van der Waals surface area contributed by atoms with Crippen LogP contribution in [-0.2, 0) is 17.6 Å². The number of nitrogens with zero attached hydrogens (tertiary/aromatic N) is 1. The molecule has 1 unspecified atom stereocenters. The highest BCUT2D eigenvalue weighted by Gasteiger charge is 2.45. The Labute approximate surface area is 172 Å². The second-order valence-corrected chi connectivity index (χ2v) is 8.20. The van der Waals surface area contributed by atoms with Crippen LogP contribution in [0.1, 0.15) is 47.7 Å². The summed E-state index contributed by atoms with van der Waals surface area (Å²) in [5.41, 5.74) is 2.77. The number of benzene rings is 2. The van der Waals surface area contributed by atoms with Gasteiger partial charge in [-0.2, -0.15) is 0 Å². The van der Waals surface area contributed by atoms with Gasteiger partial charge < -0.3 is 10.2 Å². The first-order valence-electron chi connectivity index (χ1n) is 10.6. The SMILES string of the molecule is CCCc1ccc(C(=O)N2CCC3(CC2)NC(=O)C(Cc2ccccc2)N3)cc1. The van der Waals surface area contributed by atoms with Crippen LogP contribution in [0.25, 0.3) is 0 Å². The summed E-state index contributed by atoms with van der Waals surface area (Å²) in [5, 5.41) is 6.70. The Bertz CT molecular complexity index is 855. The fourth-order valence-corrected chi connectivity index (χ4v) is 4.40. The van der Waals surface area contributed by atoms with Crippen molar-refractivity contribution in [1.29, 1.82) is 0 Å². The Morgan fingerprint density at radius 2 is 1.72 bits per heavy atom. The van der Waals surface area contributed by atoms with E-state index >= 15 is 0 Å². The monoisotopic (exact) mass is 391 g/mol. The number of likely N-dealkylation sites (tertiary alicyclic amines) is 1. The molecule has 2 saturated heterocycles. The quantitative estimate of drug-likeness (QED) is 0.824. The molecule has 2 aromatic rings. The minimum absolute atomic E-state index is 0.0557. The van der Waals surface area contributed by atoms with Gasteiger partial charge in [-0.25, -0.2) is 0 Å². The van der Waals surface area contributed by atoms with Gasteiger partial charge in [-0.3, -0.25) is 14.9 Å². The van der Waals surface area contributed by atoms with Crippen LogP contribution in [0, 0.1) is 0 Å². The maximum Gasteiger partial charge on any atom is 0.253 e. The highest BCUT2D eigenvalue weighted by Crippen LogP contribution is 2.26. The highest BCUT2D eigenvalue weighted by atomic mass is 16.2. The van der Waals surface area contributed by atoms with Crippen molar-refractivity contribution < 1.29 is 9.59 Å². The molecule has 0 bridgehead atoms. The Morgan fingerprint density at radius 3 is 2.38 bits per heavy atom. The lowest BCUT2D eigenvalue weighted by Crippen LogP contribution is -2.58. The molecule has 0 saturated carbocycles. The van der Waals surface area contributed by atoms with E-state index in [4.69, 9.17) is 0 Å². The van der Waals surface area contributed by atoms with E-state index in [1.165, 1.54) is 5.56 Å². The molecule has 2 heterocycles. The molecule has 0 radical (unpaired) electrons. The van der Waals surface area contributed by atoms with Crippen LogP contribution in [0.5, 0.6) is 0 Å². The fourth-order valence-electron chi connectivity index (χ4n) is 4.40. The first-order chi connectivity index (χ1) is 14.1. The molecule has 0 aliphatic carbocycles. The third kappa shape index (κ3) is 4.35. The molecule has 2 fully saturated rings. The lowest BCUT2D eigenvalue weighted by molar-refractivity contribution is -0.121. The van der Waals surface area contributed by atoms with Crippen molar-refractivity contribution in [3.8, 4) is 0 Å². The van der Waals surface area contributed by atoms with Crippen molar-refractivity contribution >= 4 is 11.8 Å². The molecular weight excluding hydrogens is 362 g/mol. The predicted molar refractivity (Wildman–Crippen MR) is 114 cm³/mol. The van der Waals surface area contributed by atoms with Gasteiger partial charge in [0.25, 0.3) is 5.91 Å². The van der Waals surface area contributed by atoms with E-state index < -0.39 is 5.66 Å². The van der Waals surface area contributed by atoms with Crippen molar-refractivity contribution in [1.82, 2.24) is 15.5 Å². The molecule has 1 atom stereocenters. The standard InChI is InChI=1S/C24H29N3O2/c1-2-6-18-9-11-20(12-10-18)23(29)27-15-13-24(14-16-27)25-21(22(28)26-24)17-19-7-4-3-5-8-19/h3-5,7-12,21,25H,2,6,13-17H2,1H3,(H,26,28). The zero-order valence-electron chi connectivity index (χ0n) is 17.0. The molecule has 5 heteroatoms. The van der Waals surface area contributed by atoms with E-state index in [1.54, 1.807) is 0 Å². The minimum atomic E-state index is -0.391. The molecule has 2 aliphatic rings. The van der Waals surface area contributed by atoms with Gasteiger partial charge in [-0.05, 0) is 36.1 Å². The number of nitrogens with one attached hydrogen (secondary N) is 2. The lowest BCUT2D eigenvalue weighted by atomic mass is 9.96. The average molecular weight is 392 g/mol. The van der Waals surface area contributed by atoms with Gasteiger partial charge in [0.15, 0.2) is 0 Å². The first-order valence-corrected chi connectivity index (χ1v) is 10.6. The topological polar surface area (TPSA) is 61.4 Å². The number of hydrogen-bond donors (Lipinski definition) is 2. The molecule has 1 spiro atoms. The van der Waals surface area contributed by atoms with E-state index in [2.05, 4.69) is 29.7 Å². The van der Waals surface area contributed by atoms with Gasteiger partial charge in [0.1, 0.15) is 0 Å². The molecule has 5 nitrogen and oxygen atoms in total. The number of carbonyl (C=O) groups is 2. The molecule has 29 heavy (non-hydrogen) atoms. The second-order valence-electron chi connectivity index (χ2n) is 8.20. The highest BCUT2D eigenvalue weighted by molar-refractivity contribution is 5.94. The van der Waals surface area contributed by atoms with E-state index in [-0.39, 0.29) is 17.9 Å². The van der Waals surface area contributed by atoms with Crippen LogP contribution >= 0.6 is 0 Å².